The van der Waals surface area contributed by atoms with Crippen LogP contribution in [0.3, 0.4) is 0 Å². The molecule has 0 spiro atoms. The van der Waals surface area contributed by atoms with Crippen LogP contribution in [-0.4, -0.2) is 36.6 Å². The van der Waals surface area contributed by atoms with Crippen molar-refractivity contribution in [3.05, 3.63) is 48.5 Å². The number of hydrogen-bond acceptors (Lipinski definition) is 9. The molecule has 8 nitrogen and oxygen atoms in total. The van der Waals surface area contributed by atoms with Gasteiger partial charge in [-0.1, -0.05) is 23.5 Å². The van der Waals surface area contributed by atoms with Crippen molar-refractivity contribution < 1.29 is 32.6 Å². The quantitative estimate of drug-likeness (QED) is 0.266. The summed E-state index contributed by atoms with van der Waals surface area (Å²) in [4.78, 5) is 16.6. The third-order valence-corrected chi connectivity index (χ3v) is 6.63. The fourth-order valence-electron chi connectivity index (χ4n) is 2.60. The van der Waals surface area contributed by atoms with Gasteiger partial charge in [0.25, 0.3) is 5.19 Å². The van der Waals surface area contributed by atoms with Crippen LogP contribution < -0.4 is 9.47 Å². The lowest BCUT2D eigenvalue weighted by atomic mass is 10.3. The molecule has 0 aliphatic carbocycles. The molecule has 0 aliphatic heterocycles. The summed E-state index contributed by atoms with van der Waals surface area (Å²) in [6, 6.07) is 14.6. The Hall–Kier alpha value is -2.45. The standard InChI is InChI=1S/C21H24NO7PS/c1-4-26-30(24,27-5-2)14-25-20(23)15(3)28-16-10-12-17(13-11-16)29-21-22-18-8-6-7-9-19(18)31-21/h6-13,15H,4-5,14H2,1-3H3/t15-/m1/s1. The Bertz CT molecular complexity index is 1010. The lowest BCUT2D eigenvalue weighted by molar-refractivity contribution is -0.149. The summed E-state index contributed by atoms with van der Waals surface area (Å²) < 4.78 is 40.1. The van der Waals surface area contributed by atoms with E-state index in [1.54, 1.807) is 45.0 Å². The first-order chi connectivity index (χ1) is 14.9. The largest absolute Gasteiger partial charge is 0.479 e. The Morgan fingerprint density at radius 1 is 1.03 bits per heavy atom. The van der Waals surface area contributed by atoms with Gasteiger partial charge in [-0.3, -0.25) is 4.57 Å². The van der Waals surface area contributed by atoms with Crippen LogP contribution in [0.25, 0.3) is 10.2 Å². The fourth-order valence-corrected chi connectivity index (χ4v) is 4.73. The highest BCUT2D eigenvalue weighted by molar-refractivity contribution is 7.53. The number of fused-ring (bicyclic) bond motifs is 1. The van der Waals surface area contributed by atoms with Gasteiger partial charge in [0, 0.05) is 0 Å². The van der Waals surface area contributed by atoms with E-state index >= 15 is 0 Å². The highest BCUT2D eigenvalue weighted by Gasteiger charge is 2.28. The average Bonchev–Trinajstić information content (AvgIpc) is 3.16. The normalized spacial score (nSPS) is 12.5. The van der Waals surface area contributed by atoms with E-state index in [-0.39, 0.29) is 13.2 Å². The minimum Gasteiger partial charge on any atom is -0.479 e. The zero-order valence-corrected chi connectivity index (χ0v) is 19.2. The molecule has 0 radical (unpaired) electrons. The molecule has 2 aromatic carbocycles. The van der Waals surface area contributed by atoms with Gasteiger partial charge in [-0.05, 0) is 57.2 Å². The lowest BCUT2D eigenvalue weighted by Gasteiger charge is -2.18. The van der Waals surface area contributed by atoms with Crippen molar-refractivity contribution in [1.82, 2.24) is 4.98 Å². The number of esters is 1. The number of rotatable bonds is 11. The number of aromatic nitrogens is 1. The third-order valence-electron chi connectivity index (χ3n) is 3.96. The van der Waals surface area contributed by atoms with E-state index in [0.717, 1.165) is 10.2 Å². The topological polar surface area (TPSA) is 93.2 Å². The van der Waals surface area contributed by atoms with Gasteiger partial charge in [0.15, 0.2) is 12.5 Å². The minimum absolute atomic E-state index is 0.187. The van der Waals surface area contributed by atoms with Gasteiger partial charge in [0.05, 0.1) is 23.4 Å². The average molecular weight is 465 g/mol. The van der Waals surface area contributed by atoms with Crippen LogP contribution in [0.2, 0.25) is 0 Å². The van der Waals surface area contributed by atoms with Gasteiger partial charge < -0.3 is 23.3 Å². The summed E-state index contributed by atoms with van der Waals surface area (Å²) in [5, 5.41) is 0.542. The summed E-state index contributed by atoms with van der Waals surface area (Å²) in [7, 11) is -3.47. The van der Waals surface area contributed by atoms with Crippen LogP contribution in [0, 0.1) is 0 Å². The van der Waals surface area contributed by atoms with Crippen molar-refractivity contribution in [2.45, 2.75) is 26.9 Å². The molecule has 31 heavy (non-hydrogen) atoms. The predicted octanol–water partition coefficient (Wildman–Crippen LogP) is 5.62. The maximum absolute atomic E-state index is 12.4. The molecule has 0 saturated heterocycles. The molecule has 0 fully saturated rings. The van der Waals surface area contributed by atoms with Crippen LogP contribution in [0.5, 0.6) is 16.7 Å². The smallest absolute Gasteiger partial charge is 0.367 e. The van der Waals surface area contributed by atoms with Gasteiger partial charge in [-0.25, -0.2) is 9.78 Å². The molecule has 0 unspecified atom stereocenters. The Labute approximate surface area is 184 Å². The van der Waals surface area contributed by atoms with E-state index in [2.05, 4.69) is 4.98 Å². The number of carbonyl (C=O) groups is 1. The number of benzene rings is 2. The Morgan fingerprint density at radius 3 is 2.32 bits per heavy atom. The van der Waals surface area contributed by atoms with E-state index in [4.69, 9.17) is 23.3 Å². The van der Waals surface area contributed by atoms with E-state index in [0.29, 0.717) is 16.7 Å². The zero-order chi connectivity index (χ0) is 22.3. The highest BCUT2D eigenvalue weighted by Crippen LogP contribution is 2.47. The molecule has 0 bridgehead atoms. The van der Waals surface area contributed by atoms with E-state index in [1.807, 2.05) is 24.3 Å². The summed E-state index contributed by atoms with van der Waals surface area (Å²) >= 11 is 1.46. The van der Waals surface area contributed by atoms with Crippen molar-refractivity contribution in [3.8, 4) is 16.7 Å². The summed E-state index contributed by atoms with van der Waals surface area (Å²) in [6.45, 7) is 5.28. The summed E-state index contributed by atoms with van der Waals surface area (Å²) in [5.41, 5.74) is 0.882. The molecule has 3 aromatic rings. The van der Waals surface area contributed by atoms with Crippen LogP contribution in [0.4, 0.5) is 0 Å². The monoisotopic (exact) mass is 465 g/mol. The van der Waals surface area contributed by atoms with Gasteiger partial charge in [-0.15, -0.1) is 0 Å². The second-order valence-corrected chi connectivity index (χ2v) is 9.31. The molecule has 0 N–H and O–H groups in total. The van der Waals surface area contributed by atoms with Crippen molar-refractivity contribution in [2.75, 3.05) is 19.6 Å². The molecule has 10 heteroatoms. The van der Waals surface area contributed by atoms with Crippen LogP contribution in [0.1, 0.15) is 20.8 Å². The van der Waals surface area contributed by atoms with E-state index < -0.39 is 26.0 Å². The zero-order valence-electron chi connectivity index (χ0n) is 17.5. The summed E-state index contributed by atoms with van der Waals surface area (Å²) in [5.74, 6) is 0.379. The maximum atomic E-state index is 12.4. The molecule has 1 aromatic heterocycles. The SMILES string of the molecule is CCOP(=O)(COC(=O)[C@@H](C)Oc1ccc(Oc2nc3ccccc3s2)cc1)OCC. The number of thiazole rings is 1. The molecular formula is C21H24NO7PS. The molecule has 166 valence electrons. The number of ether oxygens (including phenoxy) is 3. The van der Waals surface area contributed by atoms with Crippen LogP contribution in [0.15, 0.2) is 48.5 Å². The van der Waals surface area contributed by atoms with Crippen molar-refractivity contribution in [2.24, 2.45) is 0 Å². The predicted molar refractivity (Wildman–Crippen MR) is 118 cm³/mol. The number of carbonyl (C=O) groups excluding carboxylic acids is 1. The number of para-hydroxylation sites is 1. The highest BCUT2D eigenvalue weighted by atomic mass is 32.1. The van der Waals surface area contributed by atoms with E-state index in [9.17, 15) is 9.36 Å². The van der Waals surface area contributed by atoms with Gasteiger partial charge in [0.1, 0.15) is 11.5 Å². The molecule has 3 rings (SSSR count). The third kappa shape index (κ3) is 6.51. The molecule has 0 aliphatic rings. The molecule has 1 heterocycles. The van der Waals surface area contributed by atoms with Gasteiger partial charge in [-0.2, -0.15) is 0 Å². The van der Waals surface area contributed by atoms with Gasteiger partial charge in [0.2, 0.25) is 0 Å². The first-order valence-corrected chi connectivity index (χ1v) is 12.3. The van der Waals surface area contributed by atoms with Crippen LogP contribution >= 0.6 is 18.9 Å². The first-order valence-electron chi connectivity index (χ1n) is 9.77. The maximum Gasteiger partial charge on any atom is 0.367 e. The van der Waals surface area contributed by atoms with E-state index in [1.165, 1.54) is 11.3 Å². The van der Waals surface area contributed by atoms with Crippen molar-refractivity contribution >= 4 is 35.1 Å². The summed E-state index contributed by atoms with van der Waals surface area (Å²) in [6.07, 6.45) is -1.37. The molecule has 1 atom stereocenters. The Balaban J connectivity index is 1.53. The van der Waals surface area contributed by atoms with Crippen LogP contribution in [-0.2, 0) is 23.1 Å². The Morgan fingerprint density at radius 2 is 1.68 bits per heavy atom. The Kier molecular flexibility index (Phi) is 8.03. The minimum atomic E-state index is -3.47. The molecule has 0 saturated carbocycles. The molecular weight excluding hydrogens is 441 g/mol. The van der Waals surface area contributed by atoms with Crippen molar-refractivity contribution in [3.63, 3.8) is 0 Å². The second-order valence-electron chi connectivity index (χ2n) is 6.32. The first kappa shape index (κ1) is 23.2. The number of nitrogens with zero attached hydrogens (tertiary/aromatic N) is 1. The number of hydrogen-bond donors (Lipinski definition) is 0. The second kappa shape index (κ2) is 10.7. The van der Waals surface area contributed by atoms with Gasteiger partial charge >= 0.3 is 13.6 Å². The molecule has 0 amide bonds. The van der Waals surface area contributed by atoms with Crippen molar-refractivity contribution in [1.29, 1.82) is 0 Å². The fraction of sp³-hybridized carbons (Fsp3) is 0.333. The lowest BCUT2D eigenvalue weighted by Crippen LogP contribution is -2.26.